The quantitative estimate of drug-likeness (QED) is 0.417. The normalized spacial score (nSPS) is 24.1. The Bertz CT molecular complexity index is 974. The summed E-state index contributed by atoms with van der Waals surface area (Å²) >= 11 is 0. The smallest absolute Gasteiger partial charge is 0.201 e. The van der Waals surface area contributed by atoms with Crippen molar-refractivity contribution in [3.63, 3.8) is 0 Å². The fraction of sp³-hybridized carbons (Fsp3) is 0.538. The first-order valence-corrected chi connectivity index (χ1v) is 11.7. The molecule has 3 nitrogen and oxygen atoms in total. The van der Waals surface area contributed by atoms with Crippen LogP contribution in [0.2, 0.25) is 0 Å². The number of hydrogen-bond acceptors (Lipinski definition) is 3. The number of hydrogen-bond donors (Lipinski definition) is 0. The van der Waals surface area contributed by atoms with Crippen LogP contribution >= 0.6 is 0 Å². The molecule has 0 amide bonds. The van der Waals surface area contributed by atoms with E-state index in [1.807, 2.05) is 0 Å². The molecule has 0 spiro atoms. The first-order valence-electron chi connectivity index (χ1n) is 11.7. The summed E-state index contributed by atoms with van der Waals surface area (Å²) in [5, 5.41) is 0. The molecule has 3 unspecified atom stereocenters. The molecule has 1 saturated carbocycles. The van der Waals surface area contributed by atoms with Gasteiger partial charge >= 0.3 is 0 Å². The van der Waals surface area contributed by atoms with E-state index in [0.717, 1.165) is 19.3 Å². The molecule has 2 fully saturated rings. The molecule has 2 aromatic carbocycles. The van der Waals surface area contributed by atoms with Crippen LogP contribution in [0.5, 0.6) is 5.75 Å². The first kappa shape index (κ1) is 24.0. The van der Waals surface area contributed by atoms with Crippen LogP contribution in [-0.2, 0) is 9.47 Å². The van der Waals surface area contributed by atoms with E-state index in [0.29, 0.717) is 12.3 Å². The van der Waals surface area contributed by atoms with Crippen molar-refractivity contribution in [3.05, 3.63) is 53.1 Å². The third-order valence-corrected chi connectivity index (χ3v) is 6.99. The summed E-state index contributed by atoms with van der Waals surface area (Å²) < 4.78 is 75.7. The fourth-order valence-electron chi connectivity index (χ4n) is 5.32. The van der Waals surface area contributed by atoms with Gasteiger partial charge in [0.25, 0.3) is 0 Å². The summed E-state index contributed by atoms with van der Waals surface area (Å²) in [4.78, 5) is 0. The lowest BCUT2D eigenvalue weighted by molar-refractivity contribution is -0.223. The lowest BCUT2D eigenvalue weighted by atomic mass is 9.76. The van der Waals surface area contributed by atoms with E-state index in [-0.39, 0.29) is 35.0 Å². The second-order valence-corrected chi connectivity index (χ2v) is 8.87. The van der Waals surface area contributed by atoms with Gasteiger partial charge in [-0.05, 0) is 50.7 Å². The lowest BCUT2D eigenvalue weighted by Crippen LogP contribution is -2.38. The second kappa shape index (κ2) is 10.4. The van der Waals surface area contributed by atoms with E-state index >= 15 is 8.78 Å². The Morgan fingerprint density at radius 1 is 0.818 bits per heavy atom. The van der Waals surface area contributed by atoms with Gasteiger partial charge in [-0.3, -0.25) is 0 Å². The number of benzene rings is 2. The third kappa shape index (κ3) is 4.76. The minimum atomic E-state index is -1.28. The van der Waals surface area contributed by atoms with E-state index in [1.165, 1.54) is 43.5 Å². The lowest BCUT2D eigenvalue weighted by Gasteiger charge is -2.41. The highest BCUT2D eigenvalue weighted by Gasteiger charge is 2.38. The Morgan fingerprint density at radius 2 is 1.48 bits per heavy atom. The predicted molar refractivity (Wildman–Crippen MR) is 117 cm³/mol. The highest BCUT2D eigenvalue weighted by Crippen LogP contribution is 2.44. The molecule has 4 rings (SSSR count). The van der Waals surface area contributed by atoms with Crippen LogP contribution in [0, 0.1) is 35.1 Å². The molecular formula is C26H30F4O3. The summed E-state index contributed by atoms with van der Waals surface area (Å²) in [6, 6.07) is 5.05. The van der Waals surface area contributed by atoms with Crippen molar-refractivity contribution in [1.82, 2.24) is 0 Å². The minimum Gasteiger partial charge on any atom is -0.491 e. The van der Waals surface area contributed by atoms with Crippen molar-refractivity contribution in [3.8, 4) is 16.9 Å². The molecule has 180 valence electrons. The van der Waals surface area contributed by atoms with Gasteiger partial charge in [0.15, 0.2) is 29.5 Å². The summed E-state index contributed by atoms with van der Waals surface area (Å²) in [6.07, 6.45) is 6.13. The Morgan fingerprint density at radius 3 is 2.15 bits per heavy atom. The van der Waals surface area contributed by atoms with Crippen molar-refractivity contribution in [2.75, 3.05) is 13.7 Å². The number of methoxy groups -OCH3 is 1. The van der Waals surface area contributed by atoms with Gasteiger partial charge in [-0.2, -0.15) is 4.39 Å². The zero-order chi connectivity index (χ0) is 23.5. The van der Waals surface area contributed by atoms with E-state index in [9.17, 15) is 8.78 Å². The van der Waals surface area contributed by atoms with Crippen LogP contribution in [0.1, 0.15) is 63.5 Å². The van der Waals surface area contributed by atoms with Gasteiger partial charge in [-0.1, -0.05) is 31.4 Å². The van der Waals surface area contributed by atoms with E-state index in [4.69, 9.17) is 14.2 Å². The molecule has 1 aliphatic carbocycles. The zero-order valence-corrected chi connectivity index (χ0v) is 19.0. The van der Waals surface area contributed by atoms with Gasteiger partial charge < -0.3 is 14.2 Å². The van der Waals surface area contributed by atoms with Gasteiger partial charge in [-0.25, -0.2) is 13.2 Å². The average molecular weight is 467 g/mol. The minimum absolute atomic E-state index is 0.0622. The molecule has 7 heteroatoms. The molecule has 1 aliphatic heterocycles. The van der Waals surface area contributed by atoms with Crippen molar-refractivity contribution >= 4 is 0 Å². The highest BCUT2D eigenvalue weighted by molar-refractivity contribution is 5.66. The second-order valence-electron chi connectivity index (χ2n) is 8.87. The van der Waals surface area contributed by atoms with Gasteiger partial charge in [0.05, 0.1) is 12.7 Å². The van der Waals surface area contributed by atoms with Crippen LogP contribution in [0.3, 0.4) is 0 Å². The molecule has 0 bridgehead atoms. The van der Waals surface area contributed by atoms with Crippen LogP contribution in [0.25, 0.3) is 11.1 Å². The Kier molecular flexibility index (Phi) is 7.59. The maximum absolute atomic E-state index is 15.1. The molecular weight excluding hydrogens is 436 g/mol. The summed E-state index contributed by atoms with van der Waals surface area (Å²) in [7, 11) is 1.58. The molecule has 2 aromatic rings. The molecule has 0 N–H and O–H groups in total. The summed E-state index contributed by atoms with van der Waals surface area (Å²) in [6.45, 7) is 1.79. The van der Waals surface area contributed by atoms with Crippen molar-refractivity contribution < 1.29 is 31.8 Å². The monoisotopic (exact) mass is 466 g/mol. The number of ether oxygens (including phenoxy) is 3. The topological polar surface area (TPSA) is 27.7 Å². The predicted octanol–water partition coefficient (Wildman–Crippen LogP) is 7.33. The van der Waals surface area contributed by atoms with E-state index in [2.05, 4.69) is 0 Å². The molecule has 33 heavy (non-hydrogen) atoms. The molecule has 3 atom stereocenters. The standard InChI is InChI=1S/C26H30F4O3/c1-3-32-21-14-12-18(23(28)25(21)30)17-9-10-19(24(29)22(17)27)20-13-11-16(26(31-2)33-20)15-7-5-4-6-8-15/h9-10,12,14-16,20,26H,3-8,11,13H2,1-2H3. The van der Waals surface area contributed by atoms with Gasteiger partial charge in [0.1, 0.15) is 0 Å². The maximum Gasteiger partial charge on any atom is 0.201 e. The van der Waals surface area contributed by atoms with Crippen LogP contribution in [-0.4, -0.2) is 20.0 Å². The maximum atomic E-state index is 15.1. The van der Waals surface area contributed by atoms with Crippen molar-refractivity contribution in [2.45, 2.75) is 64.3 Å². The van der Waals surface area contributed by atoms with Gasteiger partial charge in [0.2, 0.25) is 5.82 Å². The average Bonchev–Trinajstić information content (AvgIpc) is 2.84. The zero-order valence-electron chi connectivity index (χ0n) is 19.0. The number of rotatable bonds is 6. The van der Waals surface area contributed by atoms with Gasteiger partial charge in [-0.15, -0.1) is 0 Å². The Labute approximate surface area is 192 Å². The van der Waals surface area contributed by atoms with E-state index in [1.54, 1.807) is 14.0 Å². The third-order valence-electron chi connectivity index (χ3n) is 6.99. The molecule has 1 saturated heterocycles. The molecule has 2 aliphatic rings. The first-order chi connectivity index (χ1) is 16.0. The van der Waals surface area contributed by atoms with Crippen molar-refractivity contribution in [2.24, 2.45) is 11.8 Å². The highest BCUT2D eigenvalue weighted by atomic mass is 19.2. The van der Waals surface area contributed by atoms with Crippen LogP contribution < -0.4 is 4.74 Å². The SMILES string of the molecule is CCOc1ccc(-c2ccc(C3CCC(C4CCCCC4)C(OC)O3)c(F)c2F)c(F)c1F. The molecule has 0 radical (unpaired) electrons. The largest absolute Gasteiger partial charge is 0.491 e. The Hall–Kier alpha value is -2.12. The van der Waals surface area contributed by atoms with Crippen LogP contribution in [0.15, 0.2) is 24.3 Å². The van der Waals surface area contributed by atoms with Crippen molar-refractivity contribution in [1.29, 1.82) is 0 Å². The molecule has 0 aromatic heterocycles. The fourth-order valence-corrected chi connectivity index (χ4v) is 5.32. The molecule has 1 heterocycles. The van der Waals surface area contributed by atoms with Crippen LogP contribution in [0.4, 0.5) is 17.6 Å². The Balaban J connectivity index is 1.57. The summed E-state index contributed by atoms with van der Waals surface area (Å²) in [5.41, 5.74) is -0.655. The van der Waals surface area contributed by atoms with E-state index < -0.39 is 35.7 Å². The number of halogens is 4. The summed E-state index contributed by atoms with van der Waals surface area (Å²) in [5.74, 6) is -4.38. The van der Waals surface area contributed by atoms with Gasteiger partial charge in [0, 0.05) is 29.7 Å².